The summed E-state index contributed by atoms with van der Waals surface area (Å²) in [5, 5.41) is 5.76. The van der Waals surface area contributed by atoms with Crippen LogP contribution in [0.5, 0.6) is 5.75 Å². The number of primary sulfonamides is 1. The van der Waals surface area contributed by atoms with Crippen LogP contribution in [0, 0.1) is 6.92 Å². The molecule has 0 saturated heterocycles. The van der Waals surface area contributed by atoms with Crippen LogP contribution in [0.25, 0.3) is 0 Å². The molecule has 0 heterocycles. The van der Waals surface area contributed by atoms with Crippen LogP contribution in [0.4, 0.5) is 0 Å². The van der Waals surface area contributed by atoms with Crippen LogP contribution in [-0.2, 0) is 14.8 Å². The molecule has 0 saturated carbocycles. The molecule has 0 radical (unpaired) electrons. The number of carbonyl (C=O) groups is 1. The van der Waals surface area contributed by atoms with Gasteiger partial charge in [-0.2, -0.15) is 0 Å². The Hall–Kier alpha value is -2.09. The fourth-order valence-corrected chi connectivity index (χ4v) is 3.20. The molecule has 0 aliphatic rings. The van der Waals surface area contributed by atoms with E-state index in [4.69, 9.17) is 21.5 Å². The summed E-state index contributed by atoms with van der Waals surface area (Å²) in [5.74, 6) is 0.341. The van der Waals surface area contributed by atoms with Crippen LogP contribution in [0.3, 0.4) is 0 Å². The topological polar surface area (TPSA) is 89.7 Å². The lowest BCUT2D eigenvalue weighted by Gasteiger charge is -2.25. The molecule has 1 unspecified atom stereocenters. The van der Waals surface area contributed by atoms with E-state index in [0.29, 0.717) is 16.3 Å². The van der Waals surface area contributed by atoms with Crippen molar-refractivity contribution >= 4 is 27.5 Å². The minimum atomic E-state index is -3.80. The van der Waals surface area contributed by atoms with Crippen LogP contribution in [-0.4, -0.2) is 32.9 Å². The van der Waals surface area contributed by atoms with Crippen molar-refractivity contribution < 1.29 is 17.9 Å². The van der Waals surface area contributed by atoms with E-state index >= 15 is 0 Å². The van der Waals surface area contributed by atoms with Gasteiger partial charge in [0.05, 0.1) is 10.9 Å². The van der Waals surface area contributed by atoms with Gasteiger partial charge in [-0.05, 0) is 55.3 Å². The van der Waals surface area contributed by atoms with Gasteiger partial charge < -0.3 is 9.64 Å². The van der Waals surface area contributed by atoms with Gasteiger partial charge in [-0.25, -0.2) is 13.6 Å². The first-order valence-electron chi connectivity index (χ1n) is 7.87. The molecule has 8 heteroatoms. The summed E-state index contributed by atoms with van der Waals surface area (Å²) in [6.45, 7) is 3.50. The number of nitrogens with zero attached hydrogens (tertiary/aromatic N) is 1. The number of hydrogen-bond acceptors (Lipinski definition) is 4. The smallest absolute Gasteiger partial charge is 0.260 e. The number of sulfonamides is 1. The van der Waals surface area contributed by atoms with Gasteiger partial charge in [0.1, 0.15) is 5.75 Å². The van der Waals surface area contributed by atoms with Crippen LogP contribution in [0.2, 0.25) is 5.02 Å². The second-order valence-corrected chi connectivity index (χ2v) is 7.99. The van der Waals surface area contributed by atoms with Crippen molar-refractivity contribution in [3.63, 3.8) is 0 Å². The number of carbonyl (C=O) groups excluding carboxylic acids is 1. The molecule has 140 valence electrons. The van der Waals surface area contributed by atoms with E-state index in [-0.39, 0.29) is 23.5 Å². The number of hydrogen-bond donors (Lipinski definition) is 1. The maximum absolute atomic E-state index is 12.4. The molecular formula is C18H21ClN2O4S. The molecule has 26 heavy (non-hydrogen) atoms. The van der Waals surface area contributed by atoms with Crippen molar-refractivity contribution in [3.8, 4) is 5.75 Å². The standard InChI is InChI=1S/C18H21ClN2O4S/c1-12-9-15(19)7-8-17(12)25-11-18(22)21(3)13(2)14-5-4-6-16(10-14)26(20,23)24/h4-10,13H,11H2,1-3H3,(H2,20,23,24). The van der Waals surface area contributed by atoms with E-state index in [2.05, 4.69) is 0 Å². The third-order valence-corrected chi connectivity index (χ3v) is 5.28. The van der Waals surface area contributed by atoms with Gasteiger partial charge in [0.2, 0.25) is 10.0 Å². The molecular weight excluding hydrogens is 376 g/mol. The van der Waals surface area contributed by atoms with Crippen LogP contribution in [0.1, 0.15) is 24.1 Å². The number of halogens is 1. The van der Waals surface area contributed by atoms with Crippen molar-refractivity contribution in [2.24, 2.45) is 5.14 Å². The monoisotopic (exact) mass is 396 g/mol. The highest BCUT2D eigenvalue weighted by Gasteiger charge is 2.19. The van der Waals surface area contributed by atoms with E-state index in [9.17, 15) is 13.2 Å². The number of likely N-dealkylation sites (N-methyl/N-ethyl adjacent to an activating group) is 1. The van der Waals surface area contributed by atoms with Gasteiger partial charge in [-0.1, -0.05) is 23.7 Å². The summed E-state index contributed by atoms with van der Waals surface area (Å²) in [6.07, 6.45) is 0. The molecule has 2 rings (SSSR count). The summed E-state index contributed by atoms with van der Waals surface area (Å²) in [5.41, 5.74) is 1.50. The Bertz CT molecular complexity index is 915. The Morgan fingerprint density at radius 3 is 2.58 bits per heavy atom. The van der Waals surface area contributed by atoms with E-state index in [1.807, 2.05) is 6.92 Å². The van der Waals surface area contributed by atoms with Gasteiger partial charge in [0.15, 0.2) is 6.61 Å². The predicted molar refractivity (Wildman–Crippen MR) is 101 cm³/mol. The highest BCUT2D eigenvalue weighted by molar-refractivity contribution is 7.89. The molecule has 0 aliphatic heterocycles. The highest BCUT2D eigenvalue weighted by Crippen LogP contribution is 2.23. The fourth-order valence-electron chi connectivity index (χ4n) is 2.41. The Labute approximate surface area is 158 Å². The number of ether oxygens (including phenoxy) is 1. The molecule has 0 fully saturated rings. The lowest BCUT2D eigenvalue weighted by molar-refractivity contribution is -0.134. The lowest BCUT2D eigenvalue weighted by Crippen LogP contribution is -2.33. The van der Waals surface area contributed by atoms with Crippen LogP contribution >= 0.6 is 11.6 Å². The second-order valence-electron chi connectivity index (χ2n) is 6.00. The predicted octanol–water partition coefficient (Wildman–Crippen LogP) is 2.89. The van der Waals surface area contributed by atoms with E-state index in [1.54, 1.807) is 44.3 Å². The Kier molecular flexibility index (Phi) is 6.28. The summed E-state index contributed by atoms with van der Waals surface area (Å²) >= 11 is 5.90. The first-order chi connectivity index (χ1) is 12.1. The van der Waals surface area contributed by atoms with E-state index in [0.717, 1.165) is 5.56 Å². The SMILES string of the molecule is Cc1cc(Cl)ccc1OCC(=O)N(C)C(C)c1cccc(S(N)(=O)=O)c1. The molecule has 2 aromatic rings. The maximum atomic E-state index is 12.4. The number of nitrogens with two attached hydrogens (primary N) is 1. The van der Waals surface area contributed by atoms with Gasteiger partial charge >= 0.3 is 0 Å². The van der Waals surface area contributed by atoms with Crippen molar-refractivity contribution in [2.75, 3.05) is 13.7 Å². The second kappa shape index (κ2) is 8.07. The van der Waals surface area contributed by atoms with Crippen LogP contribution < -0.4 is 9.88 Å². The lowest BCUT2D eigenvalue weighted by atomic mass is 10.1. The summed E-state index contributed by atoms with van der Waals surface area (Å²) in [4.78, 5) is 13.9. The highest BCUT2D eigenvalue weighted by atomic mass is 35.5. The van der Waals surface area contributed by atoms with Gasteiger partial charge in [0, 0.05) is 12.1 Å². The number of amides is 1. The van der Waals surface area contributed by atoms with E-state index < -0.39 is 10.0 Å². The zero-order chi connectivity index (χ0) is 19.5. The quantitative estimate of drug-likeness (QED) is 0.812. The molecule has 6 nitrogen and oxygen atoms in total. The largest absolute Gasteiger partial charge is 0.483 e. The summed E-state index contributed by atoms with van der Waals surface area (Å²) in [6, 6.07) is 11.0. The zero-order valence-electron chi connectivity index (χ0n) is 14.8. The third kappa shape index (κ3) is 4.97. The normalized spacial score (nSPS) is 12.5. The zero-order valence-corrected chi connectivity index (χ0v) is 16.3. The average Bonchev–Trinajstić information content (AvgIpc) is 2.58. The van der Waals surface area contributed by atoms with Crippen molar-refractivity contribution in [1.82, 2.24) is 4.90 Å². The van der Waals surface area contributed by atoms with E-state index in [1.165, 1.54) is 17.0 Å². The molecule has 0 bridgehead atoms. The van der Waals surface area contributed by atoms with Gasteiger partial charge in [0.25, 0.3) is 5.91 Å². The molecule has 1 atom stereocenters. The van der Waals surface area contributed by atoms with Crippen molar-refractivity contribution in [2.45, 2.75) is 24.8 Å². The maximum Gasteiger partial charge on any atom is 0.260 e. The molecule has 2 N–H and O–H groups in total. The minimum Gasteiger partial charge on any atom is -0.483 e. The molecule has 2 aromatic carbocycles. The van der Waals surface area contributed by atoms with Crippen molar-refractivity contribution in [1.29, 1.82) is 0 Å². The average molecular weight is 397 g/mol. The fraction of sp³-hybridized carbons (Fsp3) is 0.278. The number of rotatable bonds is 6. The van der Waals surface area contributed by atoms with Gasteiger partial charge in [-0.15, -0.1) is 0 Å². The Morgan fingerprint density at radius 2 is 1.96 bits per heavy atom. The summed E-state index contributed by atoms with van der Waals surface area (Å²) < 4.78 is 28.6. The molecule has 1 amide bonds. The van der Waals surface area contributed by atoms with Crippen LogP contribution in [0.15, 0.2) is 47.4 Å². The molecule has 0 aromatic heterocycles. The summed E-state index contributed by atoms with van der Waals surface area (Å²) in [7, 11) is -2.16. The third-order valence-electron chi connectivity index (χ3n) is 4.13. The number of aryl methyl sites for hydroxylation is 1. The minimum absolute atomic E-state index is 0.00994. The van der Waals surface area contributed by atoms with Crippen molar-refractivity contribution in [3.05, 3.63) is 58.6 Å². The molecule has 0 spiro atoms. The Morgan fingerprint density at radius 1 is 1.27 bits per heavy atom. The van der Waals surface area contributed by atoms with Gasteiger partial charge in [-0.3, -0.25) is 4.79 Å². The Balaban J connectivity index is 2.07. The molecule has 0 aliphatic carbocycles. The number of benzene rings is 2. The first kappa shape index (κ1) is 20.2. The first-order valence-corrected chi connectivity index (χ1v) is 9.79.